The number of halogens is 1. The number of hydrogen-bond acceptors (Lipinski definition) is 5. The second-order valence-corrected chi connectivity index (χ2v) is 7.77. The first-order chi connectivity index (χ1) is 14.0. The van der Waals surface area contributed by atoms with Crippen molar-refractivity contribution in [2.45, 2.75) is 25.0 Å². The number of rotatable bonds is 8. The van der Waals surface area contributed by atoms with E-state index in [1.807, 2.05) is 41.3 Å². The third-order valence-electron chi connectivity index (χ3n) is 5.13. The Balaban J connectivity index is 1.41. The maximum Gasteiger partial charge on any atom is 0.234 e. The van der Waals surface area contributed by atoms with E-state index in [1.54, 1.807) is 19.2 Å². The number of nitrogens with zero attached hydrogens (tertiary/aromatic N) is 1. The van der Waals surface area contributed by atoms with Crippen molar-refractivity contribution in [2.75, 3.05) is 33.4 Å². The quantitative estimate of drug-likeness (QED) is 0.689. The molecular weight excluding hydrogens is 392 g/mol. The molecule has 0 unspecified atom stereocenters. The fourth-order valence-corrected chi connectivity index (χ4v) is 3.53. The second kappa shape index (κ2) is 9.96. The smallest absolute Gasteiger partial charge is 0.234 e. The number of piperidine rings is 1. The topological polar surface area (TPSA) is 71.0 Å². The van der Waals surface area contributed by atoms with Crippen molar-refractivity contribution in [3.05, 3.63) is 59.1 Å². The number of likely N-dealkylation sites (tertiary alicyclic amines) is 1. The van der Waals surface area contributed by atoms with Crippen LogP contribution in [0.1, 0.15) is 18.4 Å². The highest BCUT2D eigenvalue weighted by Crippen LogP contribution is 2.25. The lowest BCUT2D eigenvalue weighted by molar-refractivity contribution is -0.124. The van der Waals surface area contributed by atoms with Gasteiger partial charge in [0.1, 0.15) is 23.7 Å². The first kappa shape index (κ1) is 21.4. The Morgan fingerprint density at radius 3 is 2.69 bits per heavy atom. The lowest BCUT2D eigenvalue weighted by atomic mass is 9.92. The van der Waals surface area contributed by atoms with E-state index in [-0.39, 0.29) is 12.5 Å². The summed E-state index contributed by atoms with van der Waals surface area (Å²) in [6.07, 6.45) is 1.10. The van der Waals surface area contributed by atoms with Crippen LogP contribution in [0.25, 0.3) is 0 Å². The molecule has 0 radical (unpaired) electrons. The van der Waals surface area contributed by atoms with Crippen LogP contribution < -0.4 is 14.8 Å². The molecule has 0 saturated carbocycles. The zero-order valence-corrected chi connectivity index (χ0v) is 17.3. The summed E-state index contributed by atoms with van der Waals surface area (Å²) < 4.78 is 11.0. The molecule has 0 spiro atoms. The van der Waals surface area contributed by atoms with Crippen molar-refractivity contribution in [3.8, 4) is 11.5 Å². The van der Waals surface area contributed by atoms with Crippen LogP contribution in [0.2, 0.25) is 5.02 Å². The molecule has 6 nitrogen and oxygen atoms in total. The van der Waals surface area contributed by atoms with E-state index in [2.05, 4.69) is 5.32 Å². The van der Waals surface area contributed by atoms with Crippen LogP contribution in [-0.4, -0.2) is 54.9 Å². The molecule has 1 saturated heterocycles. The van der Waals surface area contributed by atoms with Gasteiger partial charge in [0.15, 0.2) is 0 Å². The minimum Gasteiger partial charge on any atom is -0.496 e. The number of para-hydroxylation sites is 1. The van der Waals surface area contributed by atoms with Crippen molar-refractivity contribution in [2.24, 2.45) is 0 Å². The zero-order chi connectivity index (χ0) is 20.7. The van der Waals surface area contributed by atoms with Crippen LogP contribution in [0.5, 0.6) is 11.5 Å². The molecule has 3 rings (SSSR count). The van der Waals surface area contributed by atoms with Gasteiger partial charge in [-0.3, -0.25) is 9.69 Å². The maximum absolute atomic E-state index is 12.3. The fourth-order valence-electron chi connectivity index (χ4n) is 3.35. The van der Waals surface area contributed by atoms with E-state index in [0.717, 1.165) is 11.3 Å². The van der Waals surface area contributed by atoms with E-state index in [9.17, 15) is 9.90 Å². The van der Waals surface area contributed by atoms with Gasteiger partial charge >= 0.3 is 0 Å². The van der Waals surface area contributed by atoms with Gasteiger partial charge in [-0.15, -0.1) is 0 Å². The number of ether oxygens (including phenoxy) is 2. The van der Waals surface area contributed by atoms with Gasteiger partial charge in [-0.2, -0.15) is 0 Å². The molecule has 1 aliphatic rings. The molecule has 1 amide bonds. The predicted molar refractivity (Wildman–Crippen MR) is 112 cm³/mol. The lowest BCUT2D eigenvalue weighted by Crippen LogP contribution is -2.50. The molecule has 0 aromatic heterocycles. The van der Waals surface area contributed by atoms with Gasteiger partial charge in [0, 0.05) is 30.2 Å². The third-order valence-corrected chi connectivity index (χ3v) is 5.36. The molecule has 0 bridgehead atoms. The van der Waals surface area contributed by atoms with Crippen LogP contribution in [0.3, 0.4) is 0 Å². The molecule has 156 valence electrons. The number of hydrogen-bond donors (Lipinski definition) is 2. The summed E-state index contributed by atoms with van der Waals surface area (Å²) >= 11 is 5.96. The predicted octanol–water partition coefficient (Wildman–Crippen LogP) is 2.87. The van der Waals surface area contributed by atoms with Gasteiger partial charge in [-0.05, 0) is 37.1 Å². The van der Waals surface area contributed by atoms with Crippen molar-refractivity contribution in [1.82, 2.24) is 10.2 Å². The van der Waals surface area contributed by atoms with Crippen LogP contribution in [0, 0.1) is 0 Å². The largest absolute Gasteiger partial charge is 0.496 e. The zero-order valence-electron chi connectivity index (χ0n) is 16.6. The maximum atomic E-state index is 12.3. The summed E-state index contributed by atoms with van der Waals surface area (Å²) in [7, 11) is 1.62. The minimum atomic E-state index is -0.896. The summed E-state index contributed by atoms with van der Waals surface area (Å²) in [5.74, 6) is 1.36. The number of methoxy groups -OCH3 is 1. The molecule has 29 heavy (non-hydrogen) atoms. The highest BCUT2D eigenvalue weighted by molar-refractivity contribution is 6.30. The second-order valence-electron chi connectivity index (χ2n) is 7.34. The molecule has 1 fully saturated rings. The van der Waals surface area contributed by atoms with Crippen molar-refractivity contribution >= 4 is 17.5 Å². The van der Waals surface area contributed by atoms with Crippen LogP contribution in [-0.2, 0) is 11.3 Å². The Hall–Kier alpha value is -2.28. The van der Waals surface area contributed by atoms with Gasteiger partial charge in [0.25, 0.3) is 0 Å². The summed E-state index contributed by atoms with van der Waals surface area (Å²) in [4.78, 5) is 14.3. The monoisotopic (exact) mass is 418 g/mol. The van der Waals surface area contributed by atoms with Gasteiger partial charge in [-0.25, -0.2) is 0 Å². The SMILES string of the molecule is COc1ccccc1CNC(=O)CN1CCC(O)(COc2cccc(Cl)c2)CC1. The fraction of sp³-hybridized carbons (Fsp3) is 0.409. The molecular formula is C22H27ClN2O4. The first-order valence-electron chi connectivity index (χ1n) is 9.69. The first-order valence-corrected chi connectivity index (χ1v) is 10.1. The van der Waals surface area contributed by atoms with Crippen LogP contribution >= 0.6 is 11.6 Å². The van der Waals surface area contributed by atoms with Crippen molar-refractivity contribution < 1.29 is 19.4 Å². The Kier molecular flexibility index (Phi) is 7.36. The summed E-state index contributed by atoms with van der Waals surface area (Å²) in [6, 6.07) is 14.8. The molecule has 7 heteroatoms. The van der Waals surface area contributed by atoms with Crippen LogP contribution in [0.15, 0.2) is 48.5 Å². The standard InChI is InChI=1S/C22H27ClN2O4/c1-28-20-8-3-2-5-17(20)14-24-21(26)15-25-11-9-22(27,10-12-25)16-29-19-7-4-6-18(23)13-19/h2-8,13,27H,9-12,14-16H2,1H3,(H,24,26). The lowest BCUT2D eigenvalue weighted by Gasteiger charge is -2.37. The number of nitrogens with one attached hydrogen (secondary N) is 1. The molecule has 1 aliphatic heterocycles. The average Bonchev–Trinajstić information content (AvgIpc) is 2.73. The molecule has 0 atom stereocenters. The highest BCUT2D eigenvalue weighted by Gasteiger charge is 2.33. The Morgan fingerprint density at radius 2 is 1.97 bits per heavy atom. The van der Waals surface area contributed by atoms with Gasteiger partial charge < -0.3 is 19.9 Å². The minimum absolute atomic E-state index is 0.0449. The average molecular weight is 419 g/mol. The number of amides is 1. The highest BCUT2D eigenvalue weighted by atomic mass is 35.5. The summed E-state index contributed by atoms with van der Waals surface area (Å²) in [5.41, 5.74) is 0.0433. The van der Waals surface area contributed by atoms with E-state index < -0.39 is 5.60 Å². The molecule has 2 N–H and O–H groups in total. The molecule has 2 aromatic carbocycles. The number of carbonyl (C=O) groups excluding carboxylic acids is 1. The normalized spacial score (nSPS) is 16.2. The molecule has 2 aromatic rings. The number of carbonyl (C=O) groups is 1. The van der Waals surface area contributed by atoms with E-state index in [1.165, 1.54) is 0 Å². The Morgan fingerprint density at radius 1 is 1.21 bits per heavy atom. The Labute approximate surface area is 176 Å². The third kappa shape index (κ3) is 6.35. The molecule has 0 aliphatic carbocycles. The van der Waals surface area contributed by atoms with Crippen LogP contribution in [0.4, 0.5) is 0 Å². The van der Waals surface area contributed by atoms with Gasteiger partial charge in [0.05, 0.1) is 13.7 Å². The summed E-state index contributed by atoms with van der Waals surface area (Å²) in [6.45, 7) is 2.21. The van der Waals surface area contributed by atoms with E-state index >= 15 is 0 Å². The van der Waals surface area contributed by atoms with Gasteiger partial charge in [-0.1, -0.05) is 35.9 Å². The van der Waals surface area contributed by atoms with E-state index in [4.69, 9.17) is 21.1 Å². The summed E-state index contributed by atoms with van der Waals surface area (Å²) in [5, 5.41) is 14.3. The number of aliphatic hydroxyl groups is 1. The van der Waals surface area contributed by atoms with Crippen molar-refractivity contribution in [1.29, 1.82) is 0 Å². The molecule has 1 heterocycles. The van der Waals surface area contributed by atoms with Gasteiger partial charge in [0.2, 0.25) is 5.91 Å². The Bertz CT molecular complexity index is 822. The van der Waals surface area contributed by atoms with E-state index in [0.29, 0.717) is 49.8 Å². The number of benzene rings is 2. The van der Waals surface area contributed by atoms with Crippen molar-refractivity contribution in [3.63, 3.8) is 0 Å².